The van der Waals surface area contributed by atoms with Crippen LogP contribution in [0, 0.1) is 17.8 Å². The predicted octanol–water partition coefficient (Wildman–Crippen LogP) is 0.582. The Balaban J connectivity index is 1.61. The van der Waals surface area contributed by atoms with E-state index < -0.39 is 78.5 Å². The molecule has 7 nitrogen and oxygen atoms in total. The Labute approximate surface area is 166 Å². The molecule has 11 atom stereocenters. The fraction of sp³-hybridized carbons (Fsp3) is 0.800. The molecule has 160 valence electrons. The number of rotatable bonds is 1. The van der Waals surface area contributed by atoms with Gasteiger partial charge in [0.1, 0.15) is 24.0 Å². The van der Waals surface area contributed by atoms with Crippen LogP contribution in [0.5, 0.6) is 0 Å². The highest BCUT2D eigenvalue weighted by atomic mass is 19.2. The highest BCUT2D eigenvalue weighted by Gasteiger charge is 2.63. The van der Waals surface area contributed by atoms with E-state index in [2.05, 4.69) is 0 Å². The van der Waals surface area contributed by atoms with Gasteiger partial charge in [0.2, 0.25) is 0 Å². The number of Topliss-reactive ketones (excluding diaryl/α,β-unsaturated/α-hetero) is 1. The molecule has 0 aromatic rings. The lowest BCUT2D eigenvalue weighted by molar-refractivity contribution is -0.269. The third-order valence-electron chi connectivity index (χ3n) is 7.78. The average molecular weight is 413 g/mol. The highest BCUT2D eigenvalue weighted by Crippen LogP contribution is 2.50. The van der Waals surface area contributed by atoms with Crippen LogP contribution in [-0.2, 0) is 14.3 Å². The van der Waals surface area contributed by atoms with Crippen molar-refractivity contribution in [3.05, 3.63) is 11.8 Å². The molecule has 0 aromatic heterocycles. The van der Waals surface area contributed by atoms with E-state index >= 15 is 0 Å². The molecule has 29 heavy (non-hydrogen) atoms. The predicted molar refractivity (Wildman–Crippen MR) is 94.2 cm³/mol. The number of alkyl halides is 2. The maximum absolute atomic E-state index is 14.8. The fourth-order valence-electron chi connectivity index (χ4n) is 6.49. The molecule has 0 radical (unpaired) electrons. The summed E-state index contributed by atoms with van der Waals surface area (Å²) in [6.45, 7) is 0. The first-order chi connectivity index (χ1) is 13.8. The lowest BCUT2D eigenvalue weighted by Gasteiger charge is -2.62. The molecule has 2 aliphatic heterocycles. The Morgan fingerprint density at radius 2 is 1.72 bits per heavy atom. The monoisotopic (exact) mass is 413 g/mol. The van der Waals surface area contributed by atoms with Crippen LogP contribution in [0.3, 0.4) is 0 Å². The Bertz CT molecular complexity index is 761. The summed E-state index contributed by atoms with van der Waals surface area (Å²) in [6, 6.07) is -1.70. The summed E-state index contributed by atoms with van der Waals surface area (Å²) < 4.78 is 35.1. The van der Waals surface area contributed by atoms with Crippen molar-refractivity contribution in [2.45, 2.75) is 80.9 Å². The van der Waals surface area contributed by atoms with Crippen LogP contribution in [0.25, 0.3) is 0 Å². The zero-order valence-electron chi connectivity index (χ0n) is 15.7. The van der Waals surface area contributed by atoms with Gasteiger partial charge in [0.25, 0.3) is 0 Å². The molecule has 5 aliphatic rings. The van der Waals surface area contributed by atoms with E-state index in [1.165, 1.54) is 4.90 Å². The van der Waals surface area contributed by atoms with Crippen LogP contribution in [0.2, 0.25) is 0 Å². The smallest absolute Gasteiger partial charge is 0.340 e. The van der Waals surface area contributed by atoms with Crippen LogP contribution in [-0.4, -0.2) is 80.8 Å². The molecule has 3 aliphatic carbocycles. The van der Waals surface area contributed by atoms with Gasteiger partial charge in [0.15, 0.2) is 12.0 Å². The second-order valence-corrected chi connectivity index (χ2v) is 9.10. The van der Waals surface area contributed by atoms with Crippen LogP contribution in [0.15, 0.2) is 11.8 Å². The van der Waals surface area contributed by atoms with E-state index in [1.54, 1.807) is 0 Å². The van der Waals surface area contributed by atoms with Crippen molar-refractivity contribution < 1.29 is 38.4 Å². The first-order valence-electron chi connectivity index (χ1n) is 10.4. The molecule has 2 heterocycles. The Kier molecular flexibility index (Phi) is 4.49. The summed E-state index contributed by atoms with van der Waals surface area (Å²) in [5.41, 5.74) is -0.498. The van der Waals surface area contributed by atoms with E-state index in [0.29, 0.717) is 6.42 Å². The number of halogens is 2. The summed E-state index contributed by atoms with van der Waals surface area (Å²) in [4.78, 5) is 25.8. The van der Waals surface area contributed by atoms with E-state index in [-0.39, 0.29) is 11.8 Å². The molecule has 3 N–H and O–H groups in total. The number of fused-ring (bicyclic) bond motifs is 3. The summed E-state index contributed by atoms with van der Waals surface area (Å²) in [5.74, 6) is -3.62. The van der Waals surface area contributed by atoms with Crippen molar-refractivity contribution in [2.75, 3.05) is 0 Å². The second-order valence-electron chi connectivity index (χ2n) is 9.10. The number of hydrogen-bond donors (Lipinski definition) is 3. The van der Waals surface area contributed by atoms with Gasteiger partial charge < -0.3 is 25.0 Å². The SMILES string of the molecule is O=C(O)C1=CN2C3C(CC(F)C(F)C3OC3C(O)C4CCCCC4C(O)C32)C1=O. The molecule has 3 saturated carbocycles. The molecule has 0 spiro atoms. The second kappa shape index (κ2) is 6.72. The number of carbonyl (C=O) groups excluding carboxylic acids is 1. The number of ketones is 1. The molecule has 4 fully saturated rings. The van der Waals surface area contributed by atoms with E-state index in [4.69, 9.17) is 4.74 Å². The molecule has 0 amide bonds. The fourth-order valence-corrected chi connectivity index (χ4v) is 6.49. The number of hydrogen-bond acceptors (Lipinski definition) is 6. The quantitative estimate of drug-likeness (QED) is 0.540. The van der Waals surface area contributed by atoms with Gasteiger partial charge in [-0.15, -0.1) is 0 Å². The van der Waals surface area contributed by atoms with Crippen molar-refractivity contribution in [2.24, 2.45) is 17.8 Å². The molecule has 0 aromatic carbocycles. The Hall–Kier alpha value is -1.58. The maximum Gasteiger partial charge on any atom is 0.340 e. The number of carboxylic acids is 1. The van der Waals surface area contributed by atoms with E-state index in [0.717, 1.165) is 25.5 Å². The molecular formula is C20H25F2NO6. The summed E-state index contributed by atoms with van der Waals surface area (Å²) in [6.07, 6.45) is -4.11. The van der Waals surface area contributed by atoms with Crippen LogP contribution < -0.4 is 0 Å². The third kappa shape index (κ3) is 2.63. The number of carboxylic acid groups (broad SMARTS) is 1. The van der Waals surface area contributed by atoms with Gasteiger partial charge in [-0.2, -0.15) is 0 Å². The van der Waals surface area contributed by atoms with Gasteiger partial charge in [-0.1, -0.05) is 12.8 Å². The van der Waals surface area contributed by atoms with Crippen molar-refractivity contribution in [1.82, 2.24) is 4.90 Å². The Morgan fingerprint density at radius 1 is 1.07 bits per heavy atom. The minimum Gasteiger partial charge on any atom is -0.478 e. The van der Waals surface area contributed by atoms with Gasteiger partial charge >= 0.3 is 5.97 Å². The van der Waals surface area contributed by atoms with Crippen LogP contribution in [0.4, 0.5) is 8.78 Å². The van der Waals surface area contributed by atoms with Gasteiger partial charge in [0, 0.05) is 12.1 Å². The highest BCUT2D eigenvalue weighted by molar-refractivity contribution is 6.18. The van der Waals surface area contributed by atoms with E-state index in [1.807, 2.05) is 0 Å². The first kappa shape index (κ1) is 19.4. The average Bonchev–Trinajstić information content (AvgIpc) is 2.71. The third-order valence-corrected chi connectivity index (χ3v) is 7.78. The van der Waals surface area contributed by atoms with Crippen LogP contribution >= 0.6 is 0 Å². The van der Waals surface area contributed by atoms with Crippen molar-refractivity contribution in [1.29, 1.82) is 0 Å². The van der Waals surface area contributed by atoms with Crippen molar-refractivity contribution in [3.63, 3.8) is 0 Å². The lowest BCUT2D eigenvalue weighted by atomic mass is 9.62. The number of carbonyl (C=O) groups is 2. The van der Waals surface area contributed by atoms with Gasteiger partial charge in [-0.05, 0) is 31.1 Å². The van der Waals surface area contributed by atoms with Crippen molar-refractivity contribution >= 4 is 11.8 Å². The number of aliphatic hydroxyl groups excluding tert-OH is 2. The number of aliphatic hydroxyl groups is 2. The zero-order valence-corrected chi connectivity index (χ0v) is 15.7. The molecule has 5 rings (SSSR count). The minimum atomic E-state index is -1.99. The zero-order chi connectivity index (χ0) is 20.6. The topological polar surface area (TPSA) is 107 Å². The molecule has 11 unspecified atom stereocenters. The molecule has 9 heteroatoms. The number of aliphatic carboxylic acids is 1. The van der Waals surface area contributed by atoms with Crippen molar-refractivity contribution in [3.8, 4) is 0 Å². The summed E-state index contributed by atoms with van der Waals surface area (Å²) >= 11 is 0. The first-order valence-corrected chi connectivity index (χ1v) is 10.4. The number of morpholine rings is 1. The minimum absolute atomic E-state index is 0.184. The lowest BCUT2D eigenvalue weighted by Crippen LogP contribution is -2.76. The van der Waals surface area contributed by atoms with Crippen LogP contribution in [0.1, 0.15) is 32.1 Å². The summed E-state index contributed by atoms with van der Waals surface area (Å²) in [5, 5.41) is 31.7. The normalized spacial score (nSPS) is 51.4. The molecule has 0 bridgehead atoms. The molecule has 1 saturated heterocycles. The van der Waals surface area contributed by atoms with Gasteiger partial charge in [-0.25, -0.2) is 13.6 Å². The molecular weight excluding hydrogens is 388 g/mol. The van der Waals surface area contributed by atoms with Gasteiger partial charge in [0.05, 0.1) is 24.3 Å². The maximum atomic E-state index is 14.8. The van der Waals surface area contributed by atoms with E-state index in [9.17, 15) is 33.7 Å². The largest absolute Gasteiger partial charge is 0.478 e. The summed E-state index contributed by atoms with van der Waals surface area (Å²) in [7, 11) is 0. The number of nitrogens with zero attached hydrogens (tertiary/aromatic N) is 1. The Morgan fingerprint density at radius 3 is 2.38 bits per heavy atom. The standard InChI is InChI=1S/C20H25F2NO6/c21-11-5-9-13-18(12(11)22)29-19-14(23(13)6-10(15(9)24)20(27)28)16(25)7-3-1-2-4-8(7)17(19)26/h6-9,11-14,16-19,25-26H,1-5H2,(H,27,28). The van der Waals surface area contributed by atoms with Gasteiger partial charge in [-0.3, -0.25) is 4.79 Å². The number of ether oxygens (including phenoxy) is 1.